The number of nitro groups is 1. The number of hydrogen-bond donors (Lipinski definition) is 2. The van der Waals surface area contributed by atoms with Crippen molar-refractivity contribution in [3.8, 4) is 5.75 Å². The van der Waals surface area contributed by atoms with Gasteiger partial charge in [-0.15, -0.1) is 0 Å². The predicted molar refractivity (Wildman–Crippen MR) is 85.9 cm³/mol. The molecule has 23 heavy (non-hydrogen) atoms. The Hall–Kier alpha value is -3.35. The first-order chi connectivity index (χ1) is 11.1. The number of aromatic amines is 1. The van der Waals surface area contributed by atoms with Gasteiger partial charge < -0.3 is 15.0 Å². The number of nitro benzene ring substituents is 1. The van der Waals surface area contributed by atoms with Crippen LogP contribution in [0.4, 0.5) is 11.4 Å². The van der Waals surface area contributed by atoms with E-state index < -0.39 is 4.92 Å². The number of amides is 1. The molecule has 0 spiro atoms. The van der Waals surface area contributed by atoms with E-state index in [0.29, 0.717) is 11.3 Å². The molecule has 0 aliphatic carbocycles. The van der Waals surface area contributed by atoms with E-state index in [1.54, 1.807) is 18.3 Å². The van der Waals surface area contributed by atoms with E-state index in [-0.39, 0.29) is 17.3 Å². The van der Waals surface area contributed by atoms with E-state index in [1.165, 1.54) is 25.3 Å². The van der Waals surface area contributed by atoms with Crippen molar-refractivity contribution in [2.75, 3.05) is 12.4 Å². The predicted octanol–water partition coefficient (Wildman–Crippen LogP) is 3.34. The molecule has 2 N–H and O–H groups in total. The van der Waals surface area contributed by atoms with E-state index in [4.69, 9.17) is 4.74 Å². The average molecular weight is 311 g/mol. The minimum absolute atomic E-state index is 0.104. The molecule has 0 fully saturated rings. The maximum atomic E-state index is 12.4. The molecular formula is C16H13N3O4. The van der Waals surface area contributed by atoms with Crippen LogP contribution in [-0.4, -0.2) is 22.9 Å². The van der Waals surface area contributed by atoms with E-state index >= 15 is 0 Å². The van der Waals surface area contributed by atoms with Crippen LogP contribution in [0.1, 0.15) is 10.4 Å². The lowest BCUT2D eigenvalue weighted by atomic mass is 10.1. The van der Waals surface area contributed by atoms with Gasteiger partial charge in [0.25, 0.3) is 11.6 Å². The molecular weight excluding hydrogens is 298 g/mol. The smallest absolute Gasteiger partial charge is 0.273 e. The quantitative estimate of drug-likeness (QED) is 0.570. The van der Waals surface area contributed by atoms with Crippen molar-refractivity contribution in [2.45, 2.75) is 0 Å². The van der Waals surface area contributed by atoms with Gasteiger partial charge in [0.2, 0.25) is 0 Å². The average Bonchev–Trinajstić information content (AvgIpc) is 3.02. The molecule has 1 aromatic heterocycles. The Labute approximate surface area is 131 Å². The van der Waals surface area contributed by atoms with Crippen LogP contribution < -0.4 is 10.1 Å². The fourth-order valence-electron chi connectivity index (χ4n) is 2.28. The Morgan fingerprint density at radius 2 is 2.04 bits per heavy atom. The highest BCUT2D eigenvalue weighted by molar-refractivity contribution is 6.06. The summed E-state index contributed by atoms with van der Waals surface area (Å²) in [4.78, 5) is 25.7. The number of rotatable bonds is 4. The molecule has 0 radical (unpaired) electrons. The zero-order chi connectivity index (χ0) is 16.4. The second-order valence-corrected chi connectivity index (χ2v) is 4.88. The molecule has 1 amide bonds. The molecule has 116 valence electrons. The Morgan fingerprint density at radius 1 is 1.22 bits per heavy atom. The standard InChI is InChI=1S/C16H13N3O4/c1-23-15-9-12(19(21)22)4-5-13(15)18-16(20)11-3-2-10-6-7-17-14(10)8-11/h2-9,17H,1H3,(H,18,20). The number of nitrogens with zero attached hydrogens (tertiary/aromatic N) is 1. The van der Waals surface area contributed by atoms with Crippen LogP contribution in [-0.2, 0) is 0 Å². The van der Waals surface area contributed by atoms with E-state index in [2.05, 4.69) is 10.3 Å². The molecule has 0 unspecified atom stereocenters. The van der Waals surface area contributed by atoms with Crippen LogP contribution in [0.3, 0.4) is 0 Å². The molecule has 0 aliphatic heterocycles. The van der Waals surface area contributed by atoms with Crippen LogP contribution in [0.25, 0.3) is 10.9 Å². The number of carbonyl (C=O) groups is 1. The molecule has 0 bridgehead atoms. The summed E-state index contributed by atoms with van der Waals surface area (Å²) >= 11 is 0. The van der Waals surface area contributed by atoms with Gasteiger partial charge in [0.05, 0.1) is 23.8 Å². The van der Waals surface area contributed by atoms with Crippen molar-refractivity contribution in [1.82, 2.24) is 4.98 Å². The van der Waals surface area contributed by atoms with Crippen molar-refractivity contribution in [3.05, 3.63) is 64.3 Å². The number of aromatic nitrogens is 1. The lowest BCUT2D eigenvalue weighted by Gasteiger charge is -2.10. The van der Waals surface area contributed by atoms with Crippen LogP contribution >= 0.6 is 0 Å². The van der Waals surface area contributed by atoms with Gasteiger partial charge in [-0.1, -0.05) is 6.07 Å². The molecule has 7 nitrogen and oxygen atoms in total. The zero-order valence-corrected chi connectivity index (χ0v) is 12.2. The van der Waals surface area contributed by atoms with Crippen LogP contribution in [0.15, 0.2) is 48.7 Å². The highest BCUT2D eigenvalue weighted by atomic mass is 16.6. The number of carbonyl (C=O) groups excluding carboxylic acids is 1. The van der Waals surface area contributed by atoms with Gasteiger partial charge in [-0.25, -0.2) is 0 Å². The number of benzene rings is 2. The van der Waals surface area contributed by atoms with Crippen LogP contribution in [0.2, 0.25) is 0 Å². The molecule has 0 saturated carbocycles. The molecule has 3 aromatic rings. The Morgan fingerprint density at radius 3 is 2.78 bits per heavy atom. The number of ether oxygens (including phenoxy) is 1. The fourth-order valence-corrected chi connectivity index (χ4v) is 2.28. The van der Waals surface area contributed by atoms with E-state index in [1.807, 2.05) is 12.1 Å². The van der Waals surface area contributed by atoms with Gasteiger partial charge in [0, 0.05) is 23.3 Å². The first kappa shape index (κ1) is 14.6. The Bertz CT molecular complexity index is 901. The third-order valence-corrected chi connectivity index (χ3v) is 3.46. The monoisotopic (exact) mass is 311 g/mol. The van der Waals surface area contributed by atoms with Crippen LogP contribution in [0, 0.1) is 10.1 Å². The number of fused-ring (bicyclic) bond motifs is 1. The lowest BCUT2D eigenvalue weighted by molar-refractivity contribution is -0.384. The summed E-state index contributed by atoms with van der Waals surface area (Å²) in [6.07, 6.45) is 1.80. The minimum Gasteiger partial charge on any atom is -0.494 e. The van der Waals surface area contributed by atoms with Crippen molar-refractivity contribution in [2.24, 2.45) is 0 Å². The molecule has 0 saturated heterocycles. The molecule has 1 heterocycles. The second-order valence-electron chi connectivity index (χ2n) is 4.88. The first-order valence-electron chi connectivity index (χ1n) is 6.79. The normalized spacial score (nSPS) is 10.5. The van der Waals surface area contributed by atoms with Crippen LogP contribution in [0.5, 0.6) is 5.75 Å². The molecule has 3 rings (SSSR count). The SMILES string of the molecule is COc1cc([N+](=O)[O-])ccc1NC(=O)c1ccc2cc[nH]c2c1. The summed E-state index contributed by atoms with van der Waals surface area (Å²) in [6, 6.07) is 11.2. The first-order valence-corrected chi connectivity index (χ1v) is 6.79. The number of non-ortho nitro benzene ring substituents is 1. The zero-order valence-electron chi connectivity index (χ0n) is 12.2. The minimum atomic E-state index is -0.521. The largest absolute Gasteiger partial charge is 0.494 e. The number of methoxy groups -OCH3 is 1. The summed E-state index contributed by atoms with van der Waals surface area (Å²) in [5.41, 5.74) is 1.59. The summed E-state index contributed by atoms with van der Waals surface area (Å²) in [6.45, 7) is 0. The number of nitrogens with one attached hydrogen (secondary N) is 2. The van der Waals surface area contributed by atoms with E-state index in [0.717, 1.165) is 10.9 Å². The molecule has 7 heteroatoms. The third-order valence-electron chi connectivity index (χ3n) is 3.46. The number of anilines is 1. The number of hydrogen-bond acceptors (Lipinski definition) is 4. The second kappa shape index (κ2) is 5.80. The molecule has 0 aliphatic rings. The summed E-state index contributed by atoms with van der Waals surface area (Å²) < 4.78 is 5.11. The fraction of sp³-hybridized carbons (Fsp3) is 0.0625. The maximum absolute atomic E-state index is 12.4. The van der Waals surface area contributed by atoms with Gasteiger partial charge in [-0.05, 0) is 29.7 Å². The lowest BCUT2D eigenvalue weighted by Crippen LogP contribution is -2.12. The summed E-state index contributed by atoms with van der Waals surface area (Å²) in [7, 11) is 1.39. The summed E-state index contributed by atoms with van der Waals surface area (Å²) in [5, 5.41) is 14.5. The topological polar surface area (TPSA) is 97.3 Å². The maximum Gasteiger partial charge on any atom is 0.273 e. The number of H-pyrrole nitrogens is 1. The van der Waals surface area contributed by atoms with Gasteiger partial charge in [0.1, 0.15) is 5.75 Å². The van der Waals surface area contributed by atoms with Crippen molar-refractivity contribution < 1.29 is 14.5 Å². The highest BCUT2D eigenvalue weighted by Gasteiger charge is 2.14. The molecule has 0 atom stereocenters. The van der Waals surface area contributed by atoms with Gasteiger partial charge in [-0.2, -0.15) is 0 Å². The molecule has 2 aromatic carbocycles. The Kier molecular flexibility index (Phi) is 3.68. The third kappa shape index (κ3) is 2.84. The van der Waals surface area contributed by atoms with E-state index in [9.17, 15) is 14.9 Å². The van der Waals surface area contributed by atoms with Gasteiger partial charge in [-0.3, -0.25) is 14.9 Å². The van der Waals surface area contributed by atoms with Crippen molar-refractivity contribution >= 4 is 28.2 Å². The van der Waals surface area contributed by atoms with Crippen molar-refractivity contribution in [1.29, 1.82) is 0 Å². The summed E-state index contributed by atoms with van der Waals surface area (Å²) in [5.74, 6) is -0.0952. The Balaban J connectivity index is 1.88. The van der Waals surface area contributed by atoms with Gasteiger partial charge >= 0.3 is 0 Å². The van der Waals surface area contributed by atoms with Crippen molar-refractivity contribution in [3.63, 3.8) is 0 Å². The van der Waals surface area contributed by atoms with Gasteiger partial charge in [0.15, 0.2) is 0 Å². The highest BCUT2D eigenvalue weighted by Crippen LogP contribution is 2.29.